The van der Waals surface area contributed by atoms with Crippen LogP contribution in [0.15, 0.2) is 18.2 Å². The van der Waals surface area contributed by atoms with Crippen LogP contribution in [0.5, 0.6) is 5.75 Å². The summed E-state index contributed by atoms with van der Waals surface area (Å²) in [6, 6.07) is 6.13. The van der Waals surface area contributed by atoms with Gasteiger partial charge in [0.05, 0.1) is 13.5 Å². The second-order valence-corrected chi connectivity index (χ2v) is 4.49. The van der Waals surface area contributed by atoms with Crippen LogP contribution in [-0.2, 0) is 11.2 Å². The minimum Gasteiger partial charge on any atom is -0.496 e. The van der Waals surface area contributed by atoms with E-state index in [1.54, 1.807) is 7.11 Å². The zero-order chi connectivity index (χ0) is 13.5. The predicted octanol–water partition coefficient (Wildman–Crippen LogP) is 1.69. The lowest BCUT2D eigenvalue weighted by Gasteiger charge is -2.13. The Bertz CT molecular complexity index is 410. The van der Waals surface area contributed by atoms with Crippen LogP contribution in [-0.4, -0.2) is 32.7 Å². The zero-order valence-electron chi connectivity index (χ0n) is 11.9. The molecule has 0 radical (unpaired) electrons. The van der Waals surface area contributed by atoms with Crippen LogP contribution >= 0.6 is 12.4 Å². The van der Waals surface area contributed by atoms with E-state index >= 15 is 0 Å². The maximum Gasteiger partial charge on any atom is 0.224 e. The monoisotopic (exact) mass is 286 g/mol. The van der Waals surface area contributed by atoms with Gasteiger partial charge in [-0.1, -0.05) is 17.7 Å². The molecule has 108 valence electrons. The zero-order valence-corrected chi connectivity index (χ0v) is 12.8. The first-order valence-electron chi connectivity index (χ1n) is 6.14. The fraction of sp³-hybridized carbons (Fsp3) is 0.500. The number of aryl methyl sites for hydroxylation is 1. The molecule has 4 nitrogen and oxygen atoms in total. The number of amides is 1. The summed E-state index contributed by atoms with van der Waals surface area (Å²) in [5, 5.41) is 5.97. The summed E-state index contributed by atoms with van der Waals surface area (Å²) in [5.41, 5.74) is 2.05. The Morgan fingerprint density at radius 3 is 2.68 bits per heavy atom. The van der Waals surface area contributed by atoms with Gasteiger partial charge < -0.3 is 15.4 Å². The third kappa shape index (κ3) is 5.94. The summed E-state index contributed by atoms with van der Waals surface area (Å²) in [7, 11) is 3.50. The number of likely N-dealkylation sites (N-methyl/N-ethyl adjacent to an activating group) is 1. The van der Waals surface area contributed by atoms with E-state index in [0.29, 0.717) is 13.0 Å². The van der Waals surface area contributed by atoms with E-state index in [-0.39, 0.29) is 24.4 Å². The quantitative estimate of drug-likeness (QED) is 0.837. The van der Waals surface area contributed by atoms with Crippen LogP contribution in [0, 0.1) is 6.92 Å². The largest absolute Gasteiger partial charge is 0.496 e. The maximum absolute atomic E-state index is 11.8. The molecule has 0 aliphatic rings. The van der Waals surface area contributed by atoms with Crippen molar-refractivity contribution in [3.05, 3.63) is 29.3 Å². The second-order valence-electron chi connectivity index (χ2n) is 4.49. The molecule has 19 heavy (non-hydrogen) atoms. The van der Waals surface area contributed by atoms with Crippen molar-refractivity contribution in [2.24, 2.45) is 0 Å². The Morgan fingerprint density at radius 2 is 2.11 bits per heavy atom. The van der Waals surface area contributed by atoms with Gasteiger partial charge in [0.2, 0.25) is 5.91 Å². The fourth-order valence-electron chi connectivity index (χ4n) is 1.65. The number of hydrogen-bond donors (Lipinski definition) is 2. The molecule has 0 aliphatic heterocycles. The molecule has 1 aromatic rings. The summed E-state index contributed by atoms with van der Waals surface area (Å²) < 4.78 is 5.26. The maximum atomic E-state index is 11.8. The van der Waals surface area contributed by atoms with Crippen molar-refractivity contribution in [3.8, 4) is 5.75 Å². The number of ether oxygens (including phenoxy) is 1. The van der Waals surface area contributed by atoms with Crippen LogP contribution in [0.3, 0.4) is 0 Å². The van der Waals surface area contributed by atoms with Crippen LogP contribution in [0.2, 0.25) is 0 Å². The lowest BCUT2D eigenvalue weighted by Crippen LogP contribution is -2.37. The minimum absolute atomic E-state index is 0. The average Bonchev–Trinajstić information content (AvgIpc) is 2.36. The summed E-state index contributed by atoms with van der Waals surface area (Å²) in [4.78, 5) is 11.8. The van der Waals surface area contributed by atoms with E-state index in [1.165, 1.54) is 0 Å². The molecule has 0 bridgehead atoms. The highest BCUT2D eigenvalue weighted by Crippen LogP contribution is 2.19. The van der Waals surface area contributed by atoms with Crippen LogP contribution < -0.4 is 15.4 Å². The first-order valence-corrected chi connectivity index (χ1v) is 6.14. The van der Waals surface area contributed by atoms with Crippen molar-refractivity contribution in [2.45, 2.75) is 26.3 Å². The highest BCUT2D eigenvalue weighted by molar-refractivity contribution is 5.85. The van der Waals surface area contributed by atoms with Gasteiger partial charge in [-0.05, 0) is 27.0 Å². The summed E-state index contributed by atoms with van der Waals surface area (Å²) in [6.45, 7) is 4.65. The van der Waals surface area contributed by atoms with E-state index in [2.05, 4.69) is 10.6 Å². The lowest BCUT2D eigenvalue weighted by molar-refractivity contribution is -0.120. The molecule has 0 saturated heterocycles. The third-order valence-electron chi connectivity index (χ3n) is 2.89. The van der Waals surface area contributed by atoms with Gasteiger partial charge in [0, 0.05) is 18.2 Å². The molecule has 1 aromatic carbocycles. The number of nitrogens with one attached hydrogen (secondary N) is 2. The van der Waals surface area contributed by atoms with Crippen molar-refractivity contribution in [1.29, 1.82) is 0 Å². The Hall–Kier alpha value is -1.26. The van der Waals surface area contributed by atoms with Crippen molar-refractivity contribution in [1.82, 2.24) is 10.6 Å². The molecule has 2 N–H and O–H groups in total. The van der Waals surface area contributed by atoms with Gasteiger partial charge in [0.15, 0.2) is 0 Å². The molecule has 0 spiro atoms. The Morgan fingerprint density at radius 1 is 1.42 bits per heavy atom. The molecule has 0 saturated carbocycles. The van der Waals surface area contributed by atoms with E-state index < -0.39 is 0 Å². The Kier molecular flexibility index (Phi) is 8.19. The van der Waals surface area contributed by atoms with Gasteiger partial charge in [0.1, 0.15) is 5.75 Å². The minimum atomic E-state index is 0. The first-order chi connectivity index (χ1) is 8.56. The molecule has 0 fully saturated rings. The van der Waals surface area contributed by atoms with Gasteiger partial charge in [-0.15, -0.1) is 12.4 Å². The van der Waals surface area contributed by atoms with Crippen molar-refractivity contribution >= 4 is 18.3 Å². The third-order valence-corrected chi connectivity index (χ3v) is 2.89. The molecule has 1 amide bonds. The molecule has 1 atom stereocenters. The summed E-state index contributed by atoms with van der Waals surface area (Å²) >= 11 is 0. The number of carbonyl (C=O) groups excluding carboxylic acids is 1. The van der Waals surface area contributed by atoms with Crippen LogP contribution in [0.4, 0.5) is 0 Å². The molecular formula is C14H23ClN2O2. The molecule has 0 heterocycles. The van der Waals surface area contributed by atoms with Crippen molar-refractivity contribution < 1.29 is 9.53 Å². The van der Waals surface area contributed by atoms with Gasteiger partial charge in [-0.25, -0.2) is 0 Å². The number of halogens is 1. The van der Waals surface area contributed by atoms with E-state index in [4.69, 9.17) is 4.74 Å². The standard InChI is InChI=1S/C14H22N2O2.ClH/c1-10-5-6-13(18-4)12(7-10)8-14(17)16-9-11(2)15-3;/h5-7,11,15H,8-9H2,1-4H3,(H,16,17);1H. The van der Waals surface area contributed by atoms with Crippen LogP contribution in [0.1, 0.15) is 18.1 Å². The second kappa shape index (κ2) is 8.77. The van der Waals surface area contributed by atoms with E-state index in [1.807, 2.05) is 39.1 Å². The number of methoxy groups -OCH3 is 1. The highest BCUT2D eigenvalue weighted by atomic mass is 35.5. The molecule has 5 heteroatoms. The Balaban J connectivity index is 0.00000324. The first kappa shape index (κ1) is 17.7. The molecule has 1 rings (SSSR count). The molecular weight excluding hydrogens is 264 g/mol. The Labute approximate surface area is 121 Å². The summed E-state index contributed by atoms with van der Waals surface area (Å²) in [5.74, 6) is 0.776. The normalized spacial score (nSPS) is 11.4. The number of benzene rings is 1. The van der Waals surface area contributed by atoms with Crippen molar-refractivity contribution in [3.63, 3.8) is 0 Å². The smallest absolute Gasteiger partial charge is 0.224 e. The van der Waals surface area contributed by atoms with Crippen LogP contribution in [0.25, 0.3) is 0 Å². The fourth-order valence-corrected chi connectivity index (χ4v) is 1.65. The lowest BCUT2D eigenvalue weighted by atomic mass is 10.1. The number of rotatable bonds is 6. The molecule has 0 aliphatic carbocycles. The van der Waals surface area contributed by atoms with Gasteiger partial charge in [-0.2, -0.15) is 0 Å². The molecule has 0 aromatic heterocycles. The molecule has 1 unspecified atom stereocenters. The summed E-state index contributed by atoms with van der Waals surface area (Å²) in [6.07, 6.45) is 0.348. The van der Waals surface area contributed by atoms with Gasteiger partial charge >= 0.3 is 0 Å². The van der Waals surface area contributed by atoms with E-state index in [9.17, 15) is 4.79 Å². The predicted molar refractivity (Wildman–Crippen MR) is 80.2 cm³/mol. The number of carbonyl (C=O) groups is 1. The van der Waals surface area contributed by atoms with Crippen molar-refractivity contribution in [2.75, 3.05) is 20.7 Å². The average molecular weight is 287 g/mol. The number of hydrogen-bond acceptors (Lipinski definition) is 3. The highest BCUT2D eigenvalue weighted by Gasteiger charge is 2.09. The topological polar surface area (TPSA) is 50.4 Å². The SMILES string of the molecule is CNC(C)CNC(=O)Cc1cc(C)ccc1OC.Cl. The van der Waals surface area contributed by atoms with E-state index in [0.717, 1.165) is 16.9 Å². The van der Waals surface area contributed by atoms with Gasteiger partial charge in [0.25, 0.3) is 0 Å². The van der Waals surface area contributed by atoms with Gasteiger partial charge in [-0.3, -0.25) is 4.79 Å².